The van der Waals surface area contributed by atoms with Crippen LogP contribution in [0.4, 0.5) is 0 Å². The van der Waals surface area contributed by atoms with Crippen LogP contribution in [0.1, 0.15) is 51.0 Å². The Kier molecular flexibility index (Phi) is 5.12. The molecule has 0 saturated carbocycles. The van der Waals surface area contributed by atoms with Gasteiger partial charge >= 0.3 is 0 Å². The van der Waals surface area contributed by atoms with Crippen LogP contribution in [-0.4, -0.2) is 16.6 Å². The predicted molar refractivity (Wildman–Crippen MR) is 80.5 cm³/mol. The SMILES string of the molecule is CC(C)c1ncc(OCC2CC=CCC2C)c(CN)n1. The number of hydrogen-bond acceptors (Lipinski definition) is 4. The quantitative estimate of drug-likeness (QED) is 0.839. The molecule has 2 unspecified atom stereocenters. The highest BCUT2D eigenvalue weighted by Crippen LogP contribution is 2.26. The summed E-state index contributed by atoms with van der Waals surface area (Å²) in [6.07, 6.45) is 8.50. The van der Waals surface area contributed by atoms with Gasteiger partial charge in [0.05, 0.1) is 18.5 Å². The second kappa shape index (κ2) is 6.84. The summed E-state index contributed by atoms with van der Waals surface area (Å²) in [4.78, 5) is 8.86. The van der Waals surface area contributed by atoms with E-state index in [2.05, 4.69) is 42.9 Å². The zero-order valence-corrected chi connectivity index (χ0v) is 12.7. The predicted octanol–water partition coefficient (Wildman–Crippen LogP) is 3.04. The summed E-state index contributed by atoms with van der Waals surface area (Å²) in [5.74, 6) is 3.09. The molecule has 0 fully saturated rings. The second-order valence-corrected chi connectivity index (χ2v) is 5.89. The van der Waals surface area contributed by atoms with E-state index in [0.29, 0.717) is 30.9 Å². The minimum Gasteiger partial charge on any atom is -0.490 e. The van der Waals surface area contributed by atoms with Crippen LogP contribution in [0.2, 0.25) is 0 Å². The summed E-state index contributed by atoms with van der Waals surface area (Å²) >= 11 is 0. The van der Waals surface area contributed by atoms with Gasteiger partial charge in [-0.15, -0.1) is 0 Å². The first kappa shape index (κ1) is 15.0. The Morgan fingerprint density at radius 2 is 2.10 bits per heavy atom. The molecule has 0 amide bonds. The molecular formula is C16H25N3O. The molecule has 1 aliphatic rings. The maximum atomic E-state index is 5.93. The number of nitrogens with zero attached hydrogens (tertiary/aromatic N) is 2. The normalized spacial score (nSPS) is 22.2. The molecule has 2 N–H and O–H groups in total. The van der Waals surface area contributed by atoms with Crippen LogP contribution in [0.15, 0.2) is 18.3 Å². The van der Waals surface area contributed by atoms with Crippen molar-refractivity contribution in [3.05, 3.63) is 29.9 Å². The third-order valence-corrected chi connectivity index (χ3v) is 3.93. The monoisotopic (exact) mass is 275 g/mol. The number of nitrogens with two attached hydrogens (primary N) is 1. The largest absolute Gasteiger partial charge is 0.490 e. The van der Waals surface area contributed by atoms with Crippen molar-refractivity contribution in [1.82, 2.24) is 9.97 Å². The van der Waals surface area contributed by atoms with Gasteiger partial charge in [0.25, 0.3) is 0 Å². The lowest BCUT2D eigenvalue weighted by molar-refractivity contribution is 0.195. The molecule has 2 rings (SSSR count). The summed E-state index contributed by atoms with van der Waals surface area (Å²) in [5, 5.41) is 0. The van der Waals surface area contributed by atoms with Crippen molar-refractivity contribution in [2.75, 3.05) is 6.61 Å². The van der Waals surface area contributed by atoms with Gasteiger partial charge in [0, 0.05) is 12.5 Å². The van der Waals surface area contributed by atoms with Crippen molar-refractivity contribution in [3.8, 4) is 5.75 Å². The number of ether oxygens (including phenoxy) is 1. The van der Waals surface area contributed by atoms with E-state index < -0.39 is 0 Å². The summed E-state index contributed by atoms with van der Waals surface area (Å²) in [7, 11) is 0. The number of allylic oxidation sites excluding steroid dienone is 2. The first-order chi connectivity index (χ1) is 9.61. The molecular weight excluding hydrogens is 250 g/mol. The highest BCUT2D eigenvalue weighted by Gasteiger charge is 2.19. The van der Waals surface area contributed by atoms with Gasteiger partial charge in [-0.25, -0.2) is 9.97 Å². The Bertz CT molecular complexity index is 471. The van der Waals surface area contributed by atoms with Gasteiger partial charge in [-0.1, -0.05) is 32.9 Å². The van der Waals surface area contributed by atoms with E-state index in [4.69, 9.17) is 10.5 Å². The number of hydrogen-bond donors (Lipinski definition) is 1. The van der Waals surface area contributed by atoms with Crippen molar-refractivity contribution < 1.29 is 4.74 Å². The first-order valence-electron chi connectivity index (χ1n) is 7.45. The third kappa shape index (κ3) is 3.57. The molecule has 0 radical (unpaired) electrons. The van der Waals surface area contributed by atoms with Gasteiger partial charge in [-0.2, -0.15) is 0 Å². The molecule has 0 bridgehead atoms. The lowest BCUT2D eigenvalue weighted by Gasteiger charge is -2.25. The van der Waals surface area contributed by atoms with Crippen LogP contribution in [0.5, 0.6) is 5.75 Å². The van der Waals surface area contributed by atoms with Crippen LogP contribution >= 0.6 is 0 Å². The topological polar surface area (TPSA) is 61.0 Å². The molecule has 4 nitrogen and oxygen atoms in total. The average Bonchev–Trinajstić information content (AvgIpc) is 2.46. The Hall–Kier alpha value is -1.42. The summed E-state index contributed by atoms with van der Waals surface area (Å²) in [6.45, 7) is 7.53. The van der Waals surface area contributed by atoms with Crippen molar-refractivity contribution in [3.63, 3.8) is 0 Å². The molecule has 2 atom stereocenters. The molecule has 0 aromatic carbocycles. The third-order valence-electron chi connectivity index (χ3n) is 3.93. The van der Waals surface area contributed by atoms with Crippen molar-refractivity contribution in [1.29, 1.82) is 0 Å². The number of aromatic nitrogens is 2. The van der Waals surface area contributed by atoms with Crippen molar-refractivity contribution >= 4 is 0 Å². The maximum absolute atomic E-state index is 5.93. The zero-order valence-electron chi connectivity index (χ0n) is 12.7. The van der Waals surface area contributed by atoms with E-state index in [9.17, 15) is 0 Å². The van der Waals surface area contributed by atoms with E-state index in [1.807, 2.05) is 0 Å². The Balaban J connectivity index is 2.03. The summed E-state index contributed by atoms with van der Waals surface area (Å²) in [5.41, 5.74) is 6.58. The highest BCUT2D eigenvalue weighted by atomic mass is 16.5. The fourth-order valence-corrected chi connectivity index (χ4v) is 2.40. The molecule has 20 heavy (non-hydrogen) atoms. The van der Waals surface area contributed by atoms with Gasteiger partial charge in [0.1, 0.15) is 5.82 Å². The highest BCUT2D eigenvalue weighted by molar-refractivity contribution is 5.25. The second-order valence-electron chi connectivity index (χ2n) is 5.89. The Morgan fingerprint density at radius 3 is 2.75 bits per heavy atom. The van der Waals surface area contributed by atoms with Crippen LogP contribution in [0.25, 0.3) is 0 Å². The minimum absolute atomic E-state index is 0.304. The van der Waals surface area contributed by atoms with Gasteiger partial charge in [-0.3, -0.25) is 0 Å². The van der Waals surface area contributed by atoms with E-state index in [1.54, 1.807) is 6.20 Å². The summed E-state index contributed by atoms with van der Waals surface area (Å²) in [6, 6.07) is 0. The molecule has 4 heteroatoms. The van der Waals surface area contributed by atoms with E-state index in [1.165, 1.54) is 0 Å². The van der Waals surface area contributed by atoms with Crippen molar-refractivity contribution in [2.45, 2.75) is 46.1 Å². The van der Waals surface area contributed by atoms with Gasteiger partial charge < -0.3 is 10.5 Å². The van der Waals surface area contributed by atoms with Crippen LogP contribution in [-0.2, 0) is 6.54 Å². The molecule has 0 saturated heterocycles. The Morgan fingerprint density at radius 1 is 1.35 bits per heavy atom. The van der Waals surface area contributed by atoms with Crippen LogP contribution in [0, 0.1) is 11.8 Å². The van der Waals surface area contributed by atoms with Crippen LogP contribution in [0.3, 0.4) is 0 Å². The zero-order chi connectivity index (χ0) is 14.5. The maximum Gasteiger partial charge on any atom is 0.160 e. The molecule has 1 aromatic rings. The molecule has 1 aromatic heterocycles. The first-order valence-corrected chi connectivity index (χ1v) is 7.45. The fourth-order valence-electron chi connectivity index (χ4n) is 2.40. The van der Waals surface area contributed by atoms with Gasteiger partial charge in [0.15, 0.2) is 5.75 Å². The van der Waals surface area contributed by atoms with Crippen molar-refractivity contribution in [2.24, 2.45) is 17.6 Å². The average molecular weight is 275 g/mol. The molecule has 1 aliphatic carbocycles. The lowest BCUT2D eigenvalue weighted by atomic mass is 9.85. The Labute approximate surface area is 121 Å². The van der Waals surface area contributed by atoms with Gasteiger partial charge in [-0.05, 0) is 24.7 Å². The molecule has 0 aliphatic heterocycles. The fraction of sp³-hybridized carbons (Fsp3) is 0.625. The smallest absolute Gasteiger partial charge is 0.160 e. The molecule has 0 spiro atoms. The van der Waals surface area contributed by atoms with E-state index in [0.717, 1.165) is 30.1 Å². The molecule has 1 heterocycles. The summed E-state index contributed by atoms with van der Waals surface area (Å²) < 4.78 is 5.93. The minimum atomic E-state index is 0.304. The van der Waals surface area contributed by atoms with E-state index >= 15 is 0 Å². The number of rotatable bonds is 5. The lowest BCUT2D eigenvalue weighted by Crippen LogP contribution is -2.22. The van der Waals surface area contributed by atoms with E-state index in [-0.39, 0.29) is 0 Å². The van der Waals surface area contributed by atoms with Crippen LogP contribution < -0.4 is 10.5 Å². The molecule has 110 valence electrons. The standard InChI is InChI=1S/C16H25N3O/c1-11(2)16-18-9-15(14(8-17)19-16)20-10-13-7-5-4-6-12(13)3/h4-5,9,11-13H,6-8,10,17H2,1-3H3. The van der Waals surface area contributed by atoms with Gasteiger partial charge in [0.2, 0.25) is 0 Å².